The highest BCUT2D eigenvalue weighted by molar-refractivity contribution is 7.89. The fourth-order valence-electron chi connectivity index (χ4n) is 8.34. The molecule has 0 radical (unpaired) electrons. The van der Waals surface area contributed by atoms with E-state index in [4.69, 9.17) is 9.47 Å². The van der Waals surface area contributed by atoms with Gasteiger partial charge in [0, 0.05) is 69.1 Å². The molecule has 2 heterocycles. The van der Waals surface area contributed by atoms with Gasteiger partial charge in [0.15, 0.2) is 6.29 Å². The normalized spacial score (nSPS) is 18.5. The van der Waals surface area contributed by atoms with Gasteiger partial charge in [0.2, 0.25) is 15.9 Å². The summed E-state index contributed by atoms with van der Waals surface area (Å²) < 4.78 is 43.0. The van der Waals surface area contributed by atoms with Crippen molar-refractivity contribution in [2.24, 2.45) is 0 Å². The number of amides is 1. The van der Waals surface area contributed by atoms with Crippen molar-refractivity contribution in [3.8, 4) is 11.1 Å². The number of aryl methyl sites for hydroxylation is 1. The van der Waals surface area contributed by atoms with E-state index >= 15 is 0 Å². The molecule has 14 heteroatoms. The summed E-state index contributed by atoms with van der Waals surface area (Å²) in [4.78, 5) is 29.3. The third-order valence-electron chi connectivity index (χ3n) is 12.0. The SMILES string of the molecule is Cc1ccc(S(=O)(=O)NC(Cc2ccccc2)C(=O)NCc2cccc(-c3cccc(C4OC(CN5CCN(c6ccc([N+](=O)[O-])cc6)CC5)CC(c5ccc(CO)cc5)O4)c3)c2)cc1. The fraction of sp³-hybridized carbons (Fsp3) is 0.275. The number of nitro benzene ring substituents is 1. The van der Waals surface area contributed by atoms with Gasteiger partial charge in [-0.1, -0.05) is 109 Å². The van der Waals surface area contributed by atoms with E-state index in [1.54, 1.807) is 36.4 Å². The highest BCUT2D eigenvalue weighted by atomic mass is 32.2. The van der Waals surface area contributed by atoms with Gasteiger partial charge in [0.25, 0.3) is 5.69 Å². The second kappa shape index (κ2) is 20.7. The molecule has 336 valence electrons. The third-order valence-corrected chi connectivity index (χ3v) is 13.5. The predicted octanol–water partition coefficient (Wildman–Crippen LogP) is 7.64. The Hall–Kier alpha value is -6.26. The number of piperazine rings is 1. The lowest BCUT2D eigenvalue weighted by atomic mass is 9.98. The van der Waals surface area contributed by atoms with Gasteiger partial charge in [-0.05, 0) is 83.1 Å². The molecule has 0 aromatic heterocycles. The Kier molecular flexibility index (Phi) is 14.4. The maximum absolute atomic E-state index is 13.8. The van der Waals surface area contributed by atoms with E-state index in [0.29, 0.717) is 13.0 Å². The molecule has 2 aliphatic heterocycles. The van der Waals surface area contributed by atoms with Crippen molar-refractivity contribution < 1.29 is 32.7 Å². The second-order valence-corrected chi connectivity index (χ2v) is 18.3. The van der Waals surface area contributed by atoms with Gasteiger partial charge in [-0.25, -0.2) is 8.42 Å². The highest BCUT2D eigenvalue weighted by Crippen LogP contribution is 2.39. The lowest BCUT2D eigenvalue weighted by Crippen LogP contribution is -2.49. The predicted molar refractivity (Wildman–Crippen MR) is 249 cm³/mol. The maximum atomic E-state index is 13.8. The Balaban J connectivity index is 0.953. The van der Waals surface area contributed by atoms with Crippen molar-refractivity contribution >= 4 is 27.3 Å². The quantitative estimate of drug-likeness (QED) is 0.0650. The van der Waals surface area contributed by atoms with Crippen molar-refractivity contribution in [1.82, 2.24) is 14.9 Å². The largest absolute Gasteiger partial charge is 0.392 e. The van der Waals surface area contributed by atoms with Crippen molar-refractivity contribution in [3.05, 3.63) is 195 Å². The molecule has 0 spiro atoms. The summed E-state index contributed by atoms with van der Waals surface area (Å²) in [6, 6.07) is 45.3. The van der Waals surface area contributed by atoms with Crippen LogP contribution in [-0.2, 0) is 43.9 Å². The number of benzene rings is 6. The molecule has 0 aliphatic carbocycles. The Morgan fingerprint density at radius 2 is 1.45 bits per heavy atom. The minimum atomic E-state index is -3.99. The first-order valence-electron chi connectivity index (χ1n) is 21.8. The summed E-state index contributed by atoms with van der Waals surface area (Å²) in [5.41, 5.74) is 8.17. The molecule has 6 aromatic carbocycles. The van der Waals surface area contributed by atoms with Crippen molar-refractivity contribution in [1.29, 1.82) is 0 Å². The molecular weight excluding hydrogens is 843 g/mol. The number of carbonyl (C=O) groups is 1. The van der Waals surface area contributed by atoms with Crippen LogP contribution < -0.4 is 14.9 Å². The number of carbonyl (C=O) groups excluding carboxylic acids is 1. The molecule has 6 aromatic rings. The maximum Gasteiger partial charge on any atom is 0.269 e. The van der Waals surface area contributed by atoms with Crippen molar-refractivity contribution in [2.75, 3.05) is 37.6 Å². The number of sulfonamides is 1. The topological polar surface area (TPSA) is 164 Å². The van der Waals surface area contributed by atoms with Crippen LogP contribution in [0, 0.1) is 17.0 Å². The Labute approximate surface area is 379 Å². The molecule has 2 aliphatic rings. The number of aliphatic hydroxyl groups is 1. The first-order valence-corrected chi connectivity index (χ1v) is 23.3. The molecule has 65 heavy (non-hydrogen) atoms. The zero-order valence-corrected chi connectivity index (χ0v) is 37.0. The number of rotatable bonds is 16. The van der Waals surface area contributed by atoms with Gasteiger partial charge in [-0.15, -0.1) is 0 Å². The average molecular weight is 896 g/mol. The number of nitrogens with one attached hydrogen (secondary N) is 2. The molecule has 1 amide bonds. The highest BCUT2D eigenvalue weighted by Gasteiger charge is 2.34. The van der Waals surface area contributed by atoms with Crippen molar-refractivity contribution in [2.45, 2.75) is 62.4 Å². The molecule has 2 fully saturated rings. The van der Waals surface area contributed by atoms with Gasteiger partial charge in [0.1, 0.15) is 6.04 Å². The molecular formula is C51H53N5O8S. The number of anilines is 1. The van der Waals surface area contributed by atoms with E-state index in [9.17, 15) is 28.4 Å². The average Bonchev–Trinajstić information content (AvgIpc) is 3.34. The first kappa shape index (κ1) is 45.3. The number of hydrogen-bond donors (Lipinski definition) is 3. The fourth-order valence-corrected chi connectivity index (χ4v) is 9.54. The van der Waals surface area contributed by atoms with Crippen LogP contribution in [0.3, 0.4) is 0 Å². The van der Waals surface area contributed by atoms with Crippen LogP contribution >= 0.6 is 0 Å². The molecule has 3 N–H and O–H groups in total. The molecule has 8 rings (SSSR count). The Bertz CT molecular complexity index is 2660. The summed E-state index contributed by atoms with van der Waals surface area (Å²) in [5, 5.41) is 23.8. The Morgan fingerprint density at radius 3 is 2.14 bits per heavy atom. The van der Waals surface area contributed by atoms with Crippen LogP contribution in [0.2, 0.25) is 0 Å². The zero-order chi connectivity index (χ0) is 45.3. The van der Waals surface area contributed by atoms with E-state index in [-0.39, 0.29) is 47.3 Å². The van der Waals surface area contributed by atoms with Gasteiger partial charge in [0.05, 0.1) is 28.6 Å². The lowest BCUT2D eigenvalue weighted by Gasteiger charge is -2.41. The van der Waals surface area contributed by atoms with E-state index in [1.807, 2.05) is 104 Å². The van der Waals surface area contributed by atoms with Gasteiger partial charge >= 0.3 is 0 Å². The zero-order valence-electron chi connectivity index (χ0n) is 36.2. The summed E-state index contributed by atoms with van der Waals surface area (Å²) in [6.45, 7) is 5.89. The monoisotopic (exact) mass is 895 g/mol. The lowest BCUT2D eigenvalue weighted by molar-refractivity contribution is -0.384. The standard InChI is InChI=1S/C51H53N5O8S/c1-36-13-23-47(24-14-36)65(61,62)53-48(30-37-7-3-2-4-8-37)50(58)52-33-39-9-5-10-41(29-39)42-11-6-12-43(31-42)51-63-46(32-49(64-51)40-17-15-38(35-57)16-18-40)34-54-25-27-55(28-26-54)44-19-21-45(22-20-44)56(59)60/h2-24,29,31,46,48-49,51,53,57H,25-28,30,32-35H2,1H3,(H,52,58). The van der Waals surface area contributed by atoms with E-state index in [2.05, 4.69) is 25.9 Å². The molecule has 0 saturated carbocycles. The third kappa shape index (κ3) is 11.7. The van der Waals surface area contributed by atoms with Gasteiger partial charge < -0.3 is 24.8 Å². The second-order valence-electron chi connectivity index (χ2n) is 16.6. The van der Waals surface area contributed by atoms with Gasteiger partial charge in [-0.3, -0.25) is 19.8 Å². The first-order chi connectivity index (χ1) is 31.5. The van der Waals surface area contributed by atoms with Gasteiger partial charge in [-0.2, -0.15) is 4.72 Å². The minimum absolute atomic E-state index is 0.0444. The van der Waals surface area contributed by atoms with Crippen LogP contribution in [0.1, 0.15) is 52.2 Å². The van der Waals surface area contributed by atoms with E-state index in [0.717, 1.165) is 76.4 Å². The van der Waals surface area contributed by atoms with E-state index in [1.165, 1.54) is 12.1 Å². The van der Waals surface area contributed by atoms with E-state index < -0.39 is 28.3 Å². The molecule has 2 saturated heterocycles. The summed E-state index contributed by atoms with van der Waals surface area (Å²) in [6.07, 6.45) is -0.248. The molecule has 4 atom stereocenters. The molecule has 4 unspecified atom stereocenters. The number of aliphatic hydroxyl groups excluding tert-OH is 1. The van der Waals surface area contributed by atoms with Crippen LogP contribution in [0.4, 0.5) is 11.4 Å². The Morgan fingerprint density at radius 1 is 0.769 bits per heavy atom. The summed E-state index contributed by atoms with van der Waals surface area (Å²) >= 11 is 0. The number of non-ortho nitro benzene ring substituents is 1. The van der Waals surface area contributed by atoms with Crippen LogP contribution in [-0.4, -0.2) is 74.1 Å². The number of hydrogen-bond acceptors (Lipinski definition) is 10. The number of ether oxygens (including phenoxy) is 2. The summed E-state index contributed by atoms with van der Waals surface area (Å²) in [5.74, 6) is -0.440. The number of nitrogens with zero attached hydrogens (tertiary/aromatic N) is 3. The van der Waals surface area contributed by atoms with Crippen LogP contribution in [0.25, 0.3) is 11.1 Å². The number of nitro groups is 1. The van der Waals surface area contributed by atoms with Crippen molar-refractivity contribution in [3.63, 3.8) is 0 Å². The van der Waals surface area contributed by atoms with Crippen LogP contribution in [0.15, 0.2) is 157 Å². The smallest absolute Gasteiger partial charge is 0.269 e. The summed E-state index contributed by atoms with van der Waals surface area (Å²) in [7, 11) is -3.99. The minimum Gasteiger partial charge on any atom is -0.392 e. The molecule has 0 bridgehead atoms. The van der Waals surface area contributed by atoms with Crippen LogP contribution in [0.5, 0.6) is 0 Å². The molecule has 13 nitrogen and oxygen atoms in total.